The largest absolute Gasteiger partial charge is 1.00 e. The number of likely N-dealkylation sites (N-methyl/N-ethyl adjacent to an activating group) is 1. The van der Waals surface area contributed by atoms with E-state index in [0.29, 0.717) is 17.7 Å². The van der Waals surface area contributed by atoms with E-state index in [1.807, 2.05) is 26.8 Å². The first-order valence-electron chi connectivity index (χ1n) is 6.40. The molecule has 1 aliphatic rings. The van der Waals surface area contributed by atoms with Gasteiger partial charge in [0.25, 0.3) is 0 Å². The maximum absolute atomic E-state index is 11.1. The third kappa shape index (κ3) is 4.02. The minimum Gasteiger partial charge on any atom is -0.748 e. The van der Waals surface area contributed by atoms with Crippen molar-refractivity contribution in [1.29, 1.82) is 0 Å². The normalized spacial score (nSPS) is 16.8. The molecule has 0 saturated carbocycles. The van der Waals surface area contributed by atoms with Crippen LogP contribution in [-0.4, -0.2) is 35.9 Å². The monoisotopic (exact) mass is 319 g/mol. The molecule has 0 aliphatic carbocycles. The van der Waals surface area contributed by atoms with Gasteiger partial charge in [0, 0.05) is 23.9 Å². The zero-order valence-electron chi connectivity index (χ0n) is 12.8. The van der Waals surface area contributed by atoms with Crippen LogP contribution in [0.5, 0.6) is 5.75 Å². The first-order chi connectivity index (χ1) is 9.14. The Balaban J connectivity index is 0.00000220. The number of fused-ring (bicyclic) bond motifs is 1. The summed E-state index contributed by atoms with van der Waals surface area (Å²) in [5.41, 5.74) is 1.50. The fraction of sp³-hybridized carbons (Fsp3) is 0.429. The average molecular weight is 319 g/mol. The Morgan fingerprint density at radius 2 is 1.95 bits per heavy atom. The number of hydrogen-bond acceptors (Lipinski definition) is 5. The van der Waals surface area contributed by atoms with Crippen LogP contribution in [0.25, 0.3) is 5.57 Å². The number of hydrogen-bond donors (Lipinski definition) is 1. The van der Waals surface area contributed by atoms with E-state index in [1.54, 1.807) is 12.1 Å². The Morgan fingerprint density at radius 1 is 1.33 bits per heavy atom. The molecule has 1 aromatic rings. The summed E-state index contributed by atoms with van der Waals surface area (Å²) in [5.74, 6) is -0.421. The first kappa shape index (κ1) is 18.5. The van der Waals surface area contributed by atoms with Gasteiger partial charge in [0.05, 0.1) is 21.4 Å². The summed E-state index contributed by atoms with van der Waals surface area (Å²) in [5, 5.41) is 9.66. The maximum atomic E-state index is 11.1. The van der Waals surface area contributed by atoms with Gasteiger partial charge in [-0.05, 0) is 38.5 Å². The second-order valence-electron chi connectivity index (χ2n) is 5.47. The molecule has 1 aromatic carbocycles. The minimum absolute atomic E-state index is 0. The van der Waals surface area contributed by atoms with Crippen molar-refractivity contribution >= 4 is 21.4 Å². The zero-order chi connectivity index (χ0) is 15.1. The molecule has 0 bridgehead atoms. The van der Waals surface area contributed by atoms with E-state index in [0.717, 1.165) is 5.69 Å². The standard InChI is InChI=1S/C14H19NO4S.Na/c1-4-15-13-7-11(16)5-6-12(13)10(8-14(15,2)3)9-20(17,18)19;/h5-8,16H,4,9H2,1-3H3,(H,17,18,19);/q;+1/p-1. The van der Waals surface area contributed by atoms with E-state index in [9.17, 15) is 18.1 Å². The third-order valence-corrected chi connectivity index (χ3v) is 4.15. The molecule has 0 fully saturated rings. The molecule has 5 nitrogen and oxygen atoms in total. The van der Waals surface area contributed by atoms with Crippen LogP contribution >= 0.6 is 0 Å². The molecule has 0 unspecified atom stereocenters. The van der Waals surface area contributed by atoms with Gasteiger partial charge in [-0.1, -0.05) is 6.08 Å². The number of benzene rings is 1. The zero-order valence-corrected chi connectivity index (χ0v) is 15.6. The van der Waals surface area contributed by atoms with E-state index < -0.39 is 21.4 Å². The molecule has 0 atom stereocenters. The van der Waals surface area contributed by atoms with Crippen LogP contribution in [-0.2, 0) is 10.1 Å². The molecule has 110 valence electrons. The molecular weight excluding hydrogens is 301 g/mol. The smallest absolute Gasteiger partial charge is 0.748 e. The molecular formula is C14H18NNaO4S. The average Bonchev–Trinajstić information content (AvgIpc) is 2.25. The van der Waals surface area contributed by atoms with Crippen molar-refractivity contribution in [3.63, 3.8) is 0 Å². The van der Waals surface area contributed by atoms with Gasteiger partial charge in [0.2, 0.25) is 0 Å². The van der Waals surface area contributed by atoms with Crippen LogP contribution < -0.4 is 34.5 Å². The Kier molecular flexibility index (Phi) is 5.56. The van der Waals surface area contributed by atoms with Gasteiger partial charge < -0.3 is 14.6 Å². The van der Waals surface area contributed by atoms with Crippen molar-refractivity contribution in [2.75, 3.05) is 17.2 Å². The van der Waals surface area contributed by atoms with Crippen molar-refractivity contribution in [2.24, 2.45) is 0 Å². The van der Waals surface area contributed by atoms with Gasteiger partial charge in [-0.2, -0.15) is 0 Å². The minimum atomic E-state index is -4.35. The van der Waals surface area contributed by atoms with Crippen molar-refractivity contribution < 1.29 is 47.6 Å². The number of nitrogens with zero attached hydrogens (tertiary/aromatic N) is 1. The van der Waals surface area contributed by atoms with E-state index in [2.05, 4.69) is 4.90 Å². The fourth-order valence-electron chi connectivity index (χ4n) is 2.80. The predicted molar refractivity (Wildman–Crippen MR) is 77.7 cm³/mol. The van der Waals surface area contributed by atoms with Crippen LogP contribution in [0.3, 0.4) is 0 Å². The molecule has 1 N–H and O–H groups in total. The number of aromatic hydroxyl groups is 1. The van der Waals surface area contributed by atoms with Crippen molar-refractivity contribution in [1.82, 2.24) is 0 Å². The van der Waals surface area contributed by atoms with Crippen molar-refractivity contribution in [2.45, 2.75) is 26.3 Å². The third-order valence-electron chi connectivity index (χ3n) is 3.49. The summed E-state index contributed by atoms with van der Waals surface area (Å²) in [6.07, 6.45) is 1.81. The van der Waals surface area contributed by atoms with E-state index in [1.165, 1.54) is 6.07 Å². The van der Waals surface area contributed by atoms with E-state index in [4.69, 9.17) is 0 Å². The maximum Gasteiger partial charge on any atom is 1.00 e. The SMILES string of the molecule is CCN1c2cc(O)ccc2C(CS(=O)(=O)[O-])=CC1(C)C.[Na+]. The fourth-order valence-corrected chi connectivity index (χ4v) is 3.41. The van der Waals surface area contributed by atoms with Crippen molar-refractivity contribution in [3.05, 3.63) is 29.8 Å². The van der Waals surface area contributed by atoms with Crippen LogP contribution in [0.4, 0.5) is 5.69 Å². The van der Waals surface area contributed by atoms with Gasteiger partial charge in [-0.15, -0.1) is 0 Å². The molecule has 21 heavy (non-hydrogen) atoms. The number of rotatable bonds is 3. The Bertz CT molecular complexity index is 668. The van der Waals surface area contributed by atoms with Gasteiger partial charge in [-0.25, -0.2) is 8.42 Å². The van der Waals surface area contributed by atoms with Crippen molar-refractivity contribution in [3.8, 4) is 5.75 Å². The van der Waals surface area contributed by atoms with E-state index >= 15 is 0 Å². The number of anilines is 1. The summed E-state index contributed by atoms with van der Waals surface area (Å²) < 4.78 is 33.2. The summed E-state index contributed by atoms with van der Waals surface area (Å²) in [4.78, 5) is 2.06. The molecule has 7 heteroatoms. The van der Waals surface area contributed by atoms with Gasteiger partial charge in [0.15, 0.2) is 0 Å². The molecule has 2 rings (SSSR count). The Morgan fingerprint density at radius 3 is 2.48 bits per heavy atom. The van der Waals surface area contributed by atoms with Crippen LogP contribution in [0.1, 0.15) is 26.3 Å². The first-order valence-corrected chi connectivity index (χ1v) is 7.98. The van der Waals surface area contributed by atoms with E-state index in [-0.39, 0.29) is 35.3 Å². The molecule has 0 spiro atoms. The summed E-state index contributed by atoms with van der Waals surface area (Å²) in [7, 11) is -4.35. The summed E-state index contributed by atoms with van der Waals surface area (Å²) in [6, 6.07) is 4.75. The molecule has 0 amide bonds. The number of phenols is 1. The molecule has 0 saturated heterocycles. The Labute approximate surface area is 147 Å². The van der Waals surface area contributed by atoms with Crippen LogP contribution in [0, 0.1) is 0 Å². The summed E-state index contributed by atoms with van der Waals surface area (Å²) >= 11 is 0. The second-order valence-corrected chi connectivity index (χ2v) is 6.87. The Hall–Kier alpha value is -0.530. The van der Waals surface area contributed by atoms with Crippen LogP contribution in [0.2, 0.25) is 0 Å². The topological polar surface area (TPSA) is 80.7 Å². The molecule has 0 radical (unpaired) electrons. The van der Waals surface area contributed by atoms with Gasteiger partial charge in [-0.3, -0.25) is 0 Å². The second kappa shape index (κ2) is 6.30. The molecule has 1 heterocycles. The number of phenolic OH excluding ortho intramolecular Hbond substituents is 1. The molecule has 1 aliphatic heterocycles. The predicted octanol–water partition coefficient (Wildman–Crippen LogP) is -1.06. The van der Waals surface area contributed by atoms with Gasteiger partial charge >= 0.3 is 29.6 Å². The molecule has 0 aromatic heterocycles. The van der Waals surface area contributed by atoms with Crippen LogP contribution in [0.15, 0.2) is 24.3 Å². The summed E-state index contributed by atoms with van der Waals surface area (Å²) in [6.45, 7) is 6.58. The quantitative estimate of drug-likeness (QED) is 0.568. The van der Waals surface area contributed by atoms with Gasteiger partial charge in [0.1, 0.15) is 5.75 Å².